The van der Waals surface area contributed by atoms with E-state index in [-0.39, 0.29) is 48.6 Å². The van der Waals surface area contributed by atoms with Gasteiger partial charge >= 0.3 is 6.09 Å². The Morgan fingerprint density at radius 1 is 0.492 bits per heavy atom. The molecule has 1 fully saturated rings. The van der Waals surface area contributed by atoms with Crippen LogP contribution in [-0.2, 0) is 52.9 Å². The van der Waals surface area contributed by atoms with Crippen LogP contribution < -0.4 is 24.8 Å². The normalized spacial score (nSPS) is 18.4. The van der Waals surface area contributed by atoms with Crippen molar-refractivity contribution in [2.24, 2.45) is 5.92 Å². The topological polar surface area (TPSA) is 206 Å². The molecule has 12 heterocycles. The number of carbonyl (C=O) groups is 2. The Morgan fingerprint density at radius 2 is 1.00 bits per heavy atom. The molecule has 5 unspecified atom stereocenters. The van der Waals surface area contributed by atoms with Crippen LogP contribution in [0.25, 0.3) is 54.5 Å². The molecule has 1 aliphatic carbocycles. The highest BCUT2D eigenvalue weighted by Gasteiger charge is 2.40. The van der Waals surface area contributed by atoms with Crippen LogP contribution in [0.4, 0.5) is 9.18 Å². The van der Waals surface area contributed by atoms with E-state index >= 15 is 0 Å². The van der Waals surface area contributed by atoms with Crippen molar-refractivity contribution >= 4 is 129 Å². The molecule has 0 radical (unpaired) electrons. The number of fused-ring (bicyclic) bond motifs is 16. The van der Waals surface area contributed by atoms with E-state index in [0.29, 0.717) is 44.0 Å². The van der Waals surface area contributed by atoms with Crippen LogP contribution in [-0.4, -0.2) is 119 Å². The van der Waals surface area contributed by atoms with Crippen LogP contribution in [0.1, 0.15) is 154 Å². The highest BCUT2D eigenvalue weighted by atomic mass is 79.9. The summed E-state index contributed by atoms with van der Waals surface area (Å²) < 4.78 is 47.0. The number of amides is 2. The van der Waals surface area contributed by atoms with Gasteiger partial charge in [0.25, 0.3) is 0 Å². The van der Waals surface area contributed by atoms with Gasteiger partial charge in [-0.3, -0.25) is 14.6 Å². The fraction of sp³-hybridized carbons (Fsp3) is 0.286. The maximum atomic E-state index is 13.7. The molecule has 7 N–H and O–H groups in total. The zero-order valence-corrected chi connectivity index (χ0v) is 72.5. The zero-order chi connectivity index (χ0) is 83.6. The van der Waals surface area contributed by atoms with Crippen LogP contribution in [0.2, 0.25) is 20.1 Å². The molecule has 5 atom stereocenters. The first-order chi connectivity index (χ1) is 59.6. The number of furan rings is 1. The Balaban J connectivity index is 0.000000104. The Bertz CT molecular complexity index is 6280. The summed E-state index contributed by atoms with van der Waals surface area (Å²) in [7, 11) is 3.25. The van der Waals surface area contributed by atoms with Gasteiger partial charge in [-0.25, -0.2) is 9.18 Å². The van der Waals surface area contributed by atoms with Crippen LogP contribution in [0.5, 0.6) is 17.2 Å². The standard InChI is InChI=1S/C22H25ClN2O.C20H19BrN2O2.C20H18ClFN2O2.C18H15ClN2O2.C18H17ClN2O/c23-16-8-9-20-19(13-16)18-10-11-25(14-17-7-4-12-26-17)22(21(18)24-20)15-5-2-1-3-6-15;1-25-12-18(24)23-10-9-15-16-11-14(21)7-8-17(16)22-19(15)20(23)13-5-3-2-4-6-13;1-2-26-20(25)24-10-9-15-16-11-14(22)7-8-17(16)23-18(15)19(24)12-3-5-13(21)6-4-12;19-11-2-3-14-13(8-11)12-5-6-20-17(18(12)21-14)10-1-4-15-16(7-10)23-9-22-15;1-22-13-5-2-11(3-6-13)17-18-14(8-9-20-17)15-10-12(19)4-7-16(15)21-18/h4,7-9,12-13,15,22,24H,1-3,5-6,10-11,14H2;2-8,11,20,22H,9-10,12H2,1H3;3-8,11,19,23H,2,9-10H2,1H3;1-4,7-8,17,20-21H,5-6,9H2;2-7,10,17,20-21H,8-9H2,1H3. The lowest BCUT2D eigenvalue weighted by molar-refractivity contribution is -0.137. The van der Waals surface area contributed by atoms with Crippen LogP contribution >= 0.6 is 62.3 Å². The van der Waals surface area contributed by atoms with E-state index in [1.165, 1.54) is 116 Å². The fourth-order valence-electron chi connectivity index (χ4n) is 19.3. The van der Waals surface area contributed by atoms with E-state index in [9.17, 15) is 14.0 Å². The van der Waals surface area contributed by atoms with Crippen molar-refractivity contribution in [3.8, 4) is 17.2 Å². The maximum absolute atomic E-state index is 13.7. The van der Waals surface area contributed by atoms with Gasteiger partial charge < -0.3 is 68.6 Å². The van der Waals surface area contributed by atoms with E-state index < -0.39 is 0 Å². The Labute approximate surface area is 735 Å². The predicted molar refractivity (Wildman–Crippen MR) is 485 cm³/mol. The highest BCUT2D eigenvalue weighted by Crippen LogP contribution is 2.48. The molecule has 0 bridgehead atoms. The van der Waals surface area contributed by atoms with E-state index in [2.05, 4.69) is 135 Å². The second-order valence-electron chi connectivity index (χ2n) is 32.0. The summed E-state index contributed by atoms with van der Waals surface area (Å²) in [6.07, 6.45) is 12.7. The first-order valence-electron chi connectivity index (χ1n) is 41.9. The number of nitrogens with one attached hydrogen (secondary N) is 7. The second-order valence-corrected chi connectivity index (χ2v) is 34.7. The molecule has 0 saturated heterocycles. The van der Waals surface area contributed by atoms with Gasteiger partial charge in [0.15, 0.2) is 11.5 Å². The molecule has 6 aliphatic heterocycles. The number of carbonyl (C=O) groups excluding carboxylic acids is 2. The van der Waals surface area contributed by atoms with Crippen molar-refractivity contribution in [1.82, 2.24) is 50.3 Å². The number of aromatic nitrogens is 5. The summed E-state index contributed by atoms with van der Waals surface area (Å²) in [5.74, 6) is 4.04. The number of hydrogen-bond donors (Lipinski definition) is 7. The first-order valence-corrected chi connectivity index (χ1v) is 44.2. The molecular weight excluding hydrogens is 1690 g/mol. The van der Waals surface area contributed by atoms with E-state index in [1.54, 1.807) is 56.6 Å². The minimum Gasteiger partial charge on any atom is -0.497 e. The largest absolute Gasteiger partial charge is 0.497 e. The van der Waals surface area contributed by atoms with Crippen molar-refractivity contribution < 1.29 is 42.1 Å². The van der Waals surface area contributed by atoms with Crippen LogP contribution in [0.3, 0.4) is 0 Å². The number of nitrogens with zero attached hydrogens (tertiary/aromatic N) is 3. The Hall–Kier alpha value is -10.5. The number of rotatable bonds is 11. The molecule has 9 aromatic carbocycles. The predicted octanol–water partition coefficient (Wildman–Crippen LogP) is 23.1. The second kappa shape index (κ2) is 36.5. The quantitative estimate of drug-likeness (QED) is 0.0649. The summed E-state index contributed by atoms with van der Waals surface area (Å²) >= 11 is 28.2. The Morgan fingerprint density at radius 3 is 1.61 bits per heavy atom. The van der Waals surface area contributed by atoms with Gasteiger partial charge in [0, 0.05) is 147 Å². The molecular formula is C98H94BrCl4FN10O8. The summed E-state index contributed by atoms with van der Waals surface area (Å²) in [6.45, 7) is 7.56. The van der Waals surface area contributed by atoms with Gasteiger partial charge in [0.1, 0.15) is 30.0 Å². The molecule has 122 heavy (non-hydrogen) atoms. The number of methoxy groups -OCH3 is 2. The number of aromatic amines is 5. The highest BCUT2D eigenvalue weighted by molar-refractivity contribution is 9.10. The summed E-state index contributed by atoms with van der Waals surface area (Å²) in [4.78, 5) is 49.3. The zero-order valence-electron chi connectivity index (χ0n) is 67.9. The monoisotopic (exact) mass is 1780 g/mol. The van der Waals surface area contributed by atoms with E-state index in [1.807, 2.05) is 95.9 Å². The van der Waals surface area contributed by atoms with Crippen LogP contribution in [0, 0.1) is 11.7 Å². The van der Waals surface area contributed by atoms with Crippen molar-refractivity contribution in [3.05, 3.63) is 321 Å². The van der Waals surface area contributed by atoms with Gasteiger partial charge in [-0.05, 0) is 247 Å². The average Bonchev–Trinajstić information content (AvgIpc) is 1.64. The lowest BCUT2D eigenvalue weighted by Gasteiger charge is -2.41. The van der Waals surface area contributed by atoms with Gasteiger partial charge in [-0.2, -0.15) is 0 Å². The third kappa shape index (κ3) is 17.0. The summed E-state index contributed by atoms with van der Waals surface area (Å²) in [6, 6.07) is 65.7. The first kappa shape index (κ1) is 82.5. The fourth-order valence-corrected chi connectivity index (χ4v) is 20.3. The summed E-state index contributed by atoms with van der Waals surface area (Å²) in [5.41, 5.74) is 22.3. The van der Waals surface area contributed by atoms with E-state index in [0.717, 1.165) is 156 Å². The molecule has 15 aromatic rings. The molecule has 22 rings (SSSR count). The van der Waals surface area contributed by atoms with Crippen molar-refractivity contribution in [3.63, 3.8) is 0 Å². The molecule has 18 nitrogen and oxygen atoms in total. The molecule has 1 saturated carbocycles. The van der Waals surface area contributed by atoms with Gasteiger partial charge in [0.2, 0.25) is 12.7 Å². The van der Waals surface area contributed by atoms with Crippen molar-refractivity contribution in [1.29, 1.82) is 0 Å². The van der Waals surface area contributed by atoms with Gasteiger partial charge in [-0.15, -0.1) is 0 Å². The molecule has 7 aliphatic rings. The van der Waals surface area contributed by atoms with Crippen LogP contribution in [0.15, 0.2) is 215 Å². The summed E-state index contributed by atoms with van der Waals surface area (Å²) in [5, 5.41) is 16.1. The average molecular weight is 1780 g/mol. The third-order valence-corrected chi connectivity index (χ3v) is 26.3. The van der Waals surface area contributed by atoms with Gasteiger partial charge in [-0.1, -0.05) is 142 Å². The molecule has 24 heteroatoms. The molecule has 0 spiro atoms. The lowest BCUT2D eigenvalue weighted by Crippen LogP contribution is -2.42. The lowest BCUT2D eigenvalue weighted by atomic mass is 9.79. The number of H-pyrrole nitrogens is 5. The Kier molecular flexibility index (Phi) is 24.7. The molecule has 626 valence electrons. The molecule has 2 amide bonds. The van der Waals surface area contributed by atoms with Gasteiger partial charge in [0.05, 0.1) is 50.7 Å². The number of halogens is 6. The minimum absolute atomic E-state index is 0.0156. The SMILES string of the molecule is CCOC(=O)N1CCc2c([nH]c3ccc(F)cc23)C1c1ccc(Cl)cc1.COCC(=O)N1CCc2c([nH]c3ccc(Br)cc23)C1c1ccccc1.COc1ccc(C2NCCc3c2[nH]c2ccc(Cl)cc32)cc1.Clc1ccc2[nH]c3c(c2c1)CCN(Cc1ccco1)C3C1CCCCC1.Clc1ccc2[nH]c3c(c2c1)CCNC3c1ccc2c(c1)OCO2. The van der Waals surface area contributed by atoms with Crippen molar-refractivity contribution in [2.75, 3.05) is 67.0 Å². The third-order valence-electron chi connectivity index (χ3n) is 24.9. The number of benzene rings is 9. The van der Waals surface area contributed by atoms with E-state index in [4.69, 9.17) is 74.5 Å². The maximum Gasteiger partial charge on any atom is 0.410 e. The number of hydrogen-bond acceptors (Lipinski definition) is 11. The smallest absolute Gasteiger partial charge is 0.410 e. The molecule has 6 aromatic heterocycles. The minimum atomic E-state index is -0.358. The number of ether oxygens (including phenoxy) is 5. The van der Waals surface area contributed by atoms with Crippen molar-refractivity contribution in [2.45, 2.75) is 108 Å².